The number of aryl methyl sites for hydroxylation is 1. The Morgan fingerprint density at radius 3 is 1.48 bits per heavy atom. The molecule has 5 heteroatoms. The predicted molar refractivity (Wildman–Crippen MR) is 94.1 cm³/mol. The van der Waals surface area contributed by atoms with E-state index in [0.29, 0.717) is 0 Å². The van der Waals surface area contributed by atoms with Gasteiger partial charge >= 0.3 is 10.6 Å². The third kappa shape index (κ3) is 7.16. The number of hydrogen-bond acceptors (Lipinski definition) is 4. The first-order valence-corrected chi connectivity index (χ1v) is 8.83. The van der Waals surface area contributed by atoms with E-state index in [-0.39, 0.29) is 10.8 Å². The average Bonchev–Trinajstić information content (AvgIpc) is 2.35. The van der Waals surface area contributed by atoms with Crippen LogP contribution in [0.4, 0.5) is 0 Å². The van der Waals surface area contributed by atoms with Crippen LogP contribution in [-0.2, 0) is 27.9 Å². The van der Waals surface area contributed by atoms with Crippen molar-refractivity contribution >= 4 is 10.6 Å². The van der Waals surface area contributed by atoms with E-state index in [9.17, 15) is 0 Å². The lowest BCUT2D eigenvalue weighted by molar-refractivity contribution is 0.381. The summed E-state index contributed by atoms with van der Waals surface area (Å²) >= 11 is 0. The van der Waals surface area contributed by atoms with Gasteiger partial charge in [0.05, 0.1) is 7.11 Å². The maximum atomic E-state index is 8.44. The molecule has 132 valence electrons. The molecule has 1 rings (SSSR count). The number of benzene rings is 1. The van der Waals surface area contributed by atoms with Gasteiger partial charge in [-0.1, -0.05) is 67.0 Å². The SMILES string of the molecule is CCCc1cc(C(C)(C)C)c(OC)c(C(C)(C)C)c1.O=S(=O)=O. The van der Waals surface area contributed by atoms with Crippen LogP contribution in [0.1, 0.15) is 71.6 Å². The van der Waals surface area contributed by atoms with Crippen molar-refractivity contribution in [3.05, 3.63) is 28.8 Å². The van der Waals surface area contributed by atoms with Crippen LogP contribution in [0.5, 0.6) is 5.75 Å². The highest BCUT2D eigenvalue weighted by molar-refractivity contribution is 7.59. The molecule has 1 aromatic rings. The maximum Gasteiger partial charge on any atom is 0.425 e. The Labute approximate surface area is 142 Å². The largest absolute Gasteiger partial charge is 0.496 e. The number of hydrogen-bond donors (Lipinski definition) is 0. The van der Waals surface area contributed by atoms with Crippen LogP contribution in [0.15, 0.2) is 12.1 Å². The Kier molecular flexibility index (Phi) is 7.98. The summed E-state index contributed by atoms with van der Waals surface area (Å²) in [6.45, 7) is 15.8. The van der Waals surface area contributed by atoms with E-state index in [4.69, 9.17) is 17.4 Å². The van der Waals surface area contributed by atoms with E-state index in [0.717, 1.165) is 12.2 Å². The lowest BCUT2D eigenvalue weighted by atomic mass is 9.78. The zero-order valence-corrected chi connectivity index (χ0v) is 16.4. The Balaban J connectivity index is 0.00000108. The molecule has 0 fully saturated rings. The Hall–Kier alpha value is -1.36. The van der Waals surface area contributed by atoms with Crippen molar-refractivity contribution in [3.63, 3.8) is 0 Å². The molecule has 0 spiro atoms. The minimum atomic E-state index is -3.11. The highest BCUT2D eigenvalue weighted by Gasteiger charge is 2.27. The minimum Gasteiger partial charge on any atom is -0.496 e. The smallest absolute Gasteiger partial charge is 0.425 e. The van der Waals surface area contributed by atoms with Crippen molar-refractivity contribution in [1.29, 1.82) is 0 Å². The zero-order valence-electron chi connectivity index (χ0n) is 15.6. The predicted octanol–water partition coefficient (Wildman–Crippen LogP) is 4.24. The molecule has 23 heavy (non-hydrogen) atoms. The average molecular weight is 343 g/mol. The monoisotopic (exact) mass is 342 g/mol. The summed E-state index contributed by atoms with van der Waals surface area (Å²) in [6, 6.07) is 4.66. The second-order valence-corrected chi connectivity index (χ2v) is 8.09. The standard InChI is InChI=1S/C18H30O.O3S/c1-9-10-13-11-14(17(2,3)4)16(19-8)15(12-13)18(5,6)7;1-4(2)3/h11-12H,9-10H2,1-8H3;. The molecule has 0 saturated heterocycles. The second kappa shape index (κ2) is 8.48. The van der Waals surface area contributed by atoms with Gasteiger partial charge in [-0.15, -0.1) is 12.6 Å². The molecule has 0 aliphatic carbocycles. The summed E-state index contributed by atoms with van der Waals surface area (Å²) in [5.74, 6) is 1.07. The molecule has 0 atom stereocenters. The van der Waals surface area contributed by atoms with E-state index < -0.39 is 10.6 Å². The Bertz CT molecular complexity index is 575. The van der Waals surface area contributed by atoms with Crippen molar-refractivity contribution in [1.82, 2.24) is 0 Å². The molecule has 0 radical (unpaired) electrons. The van der Waals surface area contributed by atoms with Gasteiger partial charge in [0.25, 0.3) is 0 Å². The van der Waals surface area contributed by atoms with Gasteiger partial charge in [-0.3, -0.25) is 0 Å². The van der Waals surface area contributed by atoms with Crippen LogP contribution in [0.25, 0.3) is 0 Å². The third-order valence-electron chi connectivity index (χ3n) is 3.51. The summed E-state index contributed by atoms with van der Waals surface area (Å²) in [6.07, 6.45) is 2.32. The van der Waals surface area contributed by atoms with Crippen LogP contribution in [0.2, 0.25) is 0 Å². The van der Waals surface area contributed by atoms with Gasteiger partial charge < -0.3 is 4.74 Å². The molecule has 0 bridgehead atoms. The molecule has 4 nitrogen and oxygen atoms in total. The first-order chi connectivity index (χ1) is 10.3. The van der Waals surface area contributed by atoms with Crippen LogP contribution in [-0.4, -0.2) is 19.7 Å². The van der Waals surface area contributed by atoms with Crippen LogP contribution >= 0.6 is 0 Å². The lowest BCUT2D eigenvalue weighted by Crippen LogP contribution is -2.19. The van der Waals surface area contributed by atoms with Crippen LogP contribution < -0.4 is 4.74 Å². The van der Waals surface area contributed by atoms with Gasteiger partial charge in [0.2, 0.25) is 0 Å². The first-order valence-electron chi connectivity index (χ1n) is 7.83. The van der Waals surface area contributed by atoms with Gasteiger partial charge in [-0.25, -0.2) is 0 Å². The van der Waals surface area contributed by atoms with Gasteiger partial charge in [-0.05, 0) is 22.8 Å². The normalized spacial score (nSPS) is 11.5. The highest BCUT2D eigenvalue weighted by Crippen LogP contribution is 2.40. The number of methoxy groups -OCH3 is 1. The second-order valence-electron chi connectivity index (χ2n) is 7.68. The maximum absolute atomic E-state index is 8.44. The number of rotatable bonds is 3. The van der Waals surface area contributed by atoms with Crippen molar-refractivity contribution in [2.45, 2.75) is 72.1 Å². The third-order valence-corrected chi connectivity index (χ3v) is 3.51. The lowest BCUT2D eigenvalue weighted by Gasteiger charge is -2.30. The molecule has 1 aromatic carbocycles. The summed E-state index contributed by atoms with van der Waals surface area (Å²) in [4.78, 5) is 0. The molecule has 0 N–H and O–H groups in total. The summed E-state index contributed by atoms with van der Waals surface area (Å²) in [5.41, 5.74) is 4.29. The van der Waals surface area contributed by atoms with E-state index in [1.165, 1.54) is 23.1 Å². The molecule has 0 heterocycles. The van der Waals surface area contributed by atoms with Gasteiger partial charge in [0.1, 0.15) is 5.75 Å². The van der Waals surface area contributed by atoms with Crippen molar-refractivity contribution < 1.29 is 17.4 Å². The van der Waals surface area contributed by atoms with Crippen LogP contribution in [0.3, 0.4) is 0 Å². The van der Waals surface area contributed by atoms with Crippen LogP contribution in [0, 0.1) is 0 Å². The topological polar surface area (TPSA) is 60.4 Å². The molecule has 0 aliphatic rings. The van der Waals surface area contributed by atoms with Gasteiger partial charge in [0.15, 0.2) is 0 Å². The molecule has 0 aromatic heterocycles. The fourth-order valence-electron chi connectivity index (χ4n) is 2.46. The van der Waals surface area contributed by atoms with Crippen molar-refractivity contribution in [3.8, 4) is 5.75 Å². The minimum absolute atomic E-state index is 0.106. The Morgan fingerprint density at radius 2 is 1.26 bits per heavy atom. The van der Waals surface area contributed by atoms with E-state index in [1.807, 2.05) is 0 Å². The highest BCUT2D eigenvalue weighted by atomic mass is 32.2. The molecule has 0 amide bonds. The summed E-state index contributed by atoms with van der Waals surface area (Å²) in [7, 11) is -1.32. The molecule has 0 saturated carbocycles. The number of ether oxygens (including phenoxy) is 1. The molecular weight excluding hydrogens is 312 g/mol. The van der Waals surface area contributed by atoms with E-state index in [1.54, 1.807) is 7.11 Å². The first kappa shape index (κ1) is 21.6. The van der Waals surface area contributed by atoms with Crippen molar-refractivity contribution in [2.75, 3.05) is 7.11 Å². The quantitative estimate of drug-likeness (QED) is 0.824. The summed E-state index contributed by atoms with van der Waals surface area (Å²) < 4.78 is 31.1. The zero-order chi connectivity index (χ0) is 18.4. The Morgan fingerprint density at radius 1 is 0.913 bits per heavy atom. The van der Waals surface area contributed by atoms with E-state index in [2.05, 4.69) is 60.6 Å². The fraction of sp³-hybridized carbons (Fsp3) is 0.667. The van der Waals surface area contributed by atoms with Crippen molar-refractivity contribution in [2.24, 2.45) is 0 Å². The fourth-order valence-corrected chi connectivity index (χ4v) is 2.46. The molecule has 0 aliphatic heterocycles. The van der Waals surface area contributed by atoms with Gasteiger partial charge in [0, 0.05) is 11.1 Å². The molecule has 0 unspecified atom stereocenters. The van der Waals surface area contributed by atoms with Gasteiger partial charge in [-0.2, -0.15) is 0 Å². The molecular formula is C18H30O4S. The summed E-state index contributed by atoms with van der Waals surface area (Å²) in [5, 5.41) is 0. The van der Waals surface area contributed by atoms with E-state index >= 15 is 0 Å².